The van der Waals surface area contributed by atoms with Crippen molar-refractivity contribution >= 4 is 23.2 Å². The van der Waals surface area contributed by atoms with Crippen molar-refractivity contribution < 1.29 is 4.52 Å². The molecule has 0 radical (unpaired) electrons. The zero-order valence-electron chi connectivity index (χ0n) is 9.20. The molecule has 0 fully saturated rings. The van der Waals surface area contributed by atoms with Crippen LogP contribution in [0.25, 0.3) is 11.4 Å². The van der Waals surface area contributed by atoms with Crippen LogP contribution in [0.4, 0.5) is 0 Å². The maximum absolute atomic E-state index is 5.91. The first-order valence-corrected chi connectivity index (χ1v) is 5.94. The van der Waals surface area contributed by atoms with Gasteiger partial charge in [0.15, 0.2) is 0 Å². The van der Waals surface area contributed by atoms with Gasteiger partial charge in [-0.25, -0.2) is 0 Å². The molecule has 1 aromatic carbocycles. The van der Waals surface area contributed by atoms with Gasteiger partial charge in [0, 0.05) is 15.6 Å². The van der Waals surface area contributed by atoms with Crippen LogP contribution in [-0.4, -0.2) is 16.7 Å². The summed E-state index contributed by atoms with van der Waals surface area (Å²) >= 11 is 11.8. The first kappa shape index (κ1) is 12.4. The van der Waals surface area contributed by atoms with Gasteiger partial charge in [0.05, 0.1) is 6.54 Å². The van der Waals surface area contributed by atoms with E-state index in [1.165, 1.54) is 0 Å². The molecule has 0 amide bonds. The molecule has 0 atom stereocenters. The van der Waals surface area contributed by atoms with E-state index in [4.69, 9.17) is 27.7 Å². The summed E-state index contributed by atoms with van der Waals surface area (Å²) in [7, 11) is 0. The summed E-state index contributed by atoms with van der Waals surface area (Å²) in [6.45, 7) is 3.41. The molecule has 2 aromatic rings. The third kappa shape index (κ3) is 3.19. The average molecular weight is 272 g/mol. The number of aromatic nitrogens is 2. The fourth-order valence-corrected chi connectivity index (χ4v) is 1.88. The van der Waals surface area contributed by atoms with E-state index in [0.29, 0.717) is 28.3 Å². The number of halogens is 2. The number of rotatable bonds is 4. The predicted octanol–water partition coefficient (Wildman–Crippen LogP) is 3.15. The number of nitrogens with one attached hydrogen (secondary N) is 1. The van der Waals surface area contributed by atoms with Crippen molar-refractivity contribution in [1.29, 1.82) is 0 Å². The van der Waals surface area contributed by atoms with E-state index >= 15 is 0 Å². The molecule has 1 heterocycles. The molecule has 4 nitrogen and oxygen atoms in total. The smallest absolute Gasteiger partial charge is 0.240 e. The molecule has 1 aromatic heterocycles. The minimum atomic E-state index is 0.488. The Morgan fingerprint density at radius 3 is 2.59 bits per heavy atom. The van der Waals surface area contributed by atoms with Gasteiger partial charge >= 0.3 is 0 Å². The number of nitrogens with zero attached hydrogens (tertiary/aromatic N) is 2. The maximum atomic E-state index is 5.91. The molecule has 2 rings (SSSR count). The number of hydrogen-bond acceptors (Lipinski definition) is 4. The van der Waals surface area contributed by atoms with Gasteiger partial charge in [0.2, 0.25) is 11.7 Å². The standard InChI is InChI=1S/C11H11Cl2N3O/c1-2-14-6-10-15-11(16-17-10)7-3-8(12)5-9(13)4-7/h3-5,14H,2,6H2,1H3. The van der Waals surface area contributed by atoms with Crippen LogP contribution < -0.4 is 5.32 Å². The predicted molar refractivity (Wildman–Crippen MR) is 67.1 cm³/mol. The largest absolute Gasteiger partial charge is 0.338 e. The van der Waals surface area contributed by atoms with Gasteiger partial charge in [0.1, 0.15) is 0 Å². The van der Waals surface area contributed by atoms with Gasteiger partial charge in [-0.2, -0.15) is 4.98 Å². The van der Waals surface area contributed by atoms with Crippen molar-refractivity contribution in [1.82, 2.24) is 15.5 Å². The molecule has 0 saturated carbocycles. The van der Waals surface area contributed by atoms with Gasteiger partial charge in [0.25, 0.3) is 0 Å². The molecule has 0 spiro atoms. The highest BCUT2D eigenvalue weighted by Gasteiger charge is 2.09. The topological polar surface area (TPSA) is 51.0 Å². The van der Waals surface area contributed by atoms with Crippen LogP contribution in [0.1, 0.15) is 12.8 Å². The minimum Gasteiger partial charge on any atom is -0.338 e. The van der Waals surface area contributed by atoms with E-state index in [0.717, 1.165) is 12.1 Å². The molecule has 17 heavy (non-hydrogen) atoms. The highest BCUT2D eigenvalue weighted by atomic mass is 35.5. The molecule has 90 valence electrons. The molecule has 6 heteroatoms. The van der Waals surface area contributed by atoms with Crippen molar-refractivity contribution in [3.05, 3.63) is 34.1 Å². The fourth-order valence-electron chi connectivity index (χ4n) is 1.36. The normalized spacial score (nSPS) is 10.8. The lowest BCUT2D eigenvalue weighted by molar-refractivity contribution is 0.369. The highest BCUT2D eigenvalue weighted by molar-refractivity contribution is 6.35. The summed E-state index contributed by atoms with van der Waals surface area (Å²) < 4.78 is 5.09. The Balaban J connectivity index is 2.24. The fraction of sp³-hybridized carbons (Fsp3) is 0.273. The first-order valence-electron chi connectivity index (χ1n) is 5.19. The summed E-state index contributed by atoms with van der Waals surface area (Å²) in [5.74, 6) is 1.03. The van der Waals surface area contributed by atoms with Gasteiger partial charge in [-0.15, -0.1) is 0 Å². The Labute approximate surface area is 109 Å². The van der Waals surface area contributed by atoms with E-state index in [2.05, 4.69) is 15.5 Å². The summed E-state index contributed by atoms with van der Waals surface area (Å²) in [4.78, 5) is 4.24. The average Bonchev–Trinajstić information content (AvgIpc) is 2.73. The van der Waals surface area contributed by atoms with Crippen LogP contribution in [0.15, 0.2) is 22.7 Å². The zero-order valence-corrected chi connectivity index (χ0v) is 10.7. The van der Waals surface area contributed by atoms with Crippen LogP contribution in [-0.2, 0) is 6.54 Å². The molecule has 1 N–H and O–H groups in total. The van der Waals surface area contributed by atoms with Crippen molar-refractivity contribution in [2.75, 3.05) is 6.54 Å². The van der Waals surface area contributed by atoms with Crippen molar-refractivity contribution in [3.63, 3.8) is 0 Å². The molecule has 0 bridgehead atoms. The van der Waals surface area contributed by atoms with Gasteiger partial charge in [-0.05, 0) is 24.7 Å². The number of hydrogen-bond donors (Lipinski definition) is 1. The van der Waals surface area contributed by atoms with Crippen molar-refractivity contribution in [2.24, 2.45) is 0 Å². The van der Waals surface area contributed by atoms with Gasteiger partial charge in [-0.3, -0.25) is 0 Å². The third-order valence-corrected chi connectivity index (χ3v) is 2.55. The van der Waals surface area contributed by atoms with Crippen LogP contribution in [0.2, 0.25) is 10.0 Å². The summed E-state index contributed by atoms with van der Waals surface area (Å²) in [5.41, 5.74) is 0.744. The molecule has 0 aliphatic heterocycles. The SMILES string of the molecule is CCNCc1nc(-c2cc(Cl)cc(Cl)c2)no1. The summed E-state index contributed by atoms with van der Waals surface area (Å²) in [5, 5.41) is 8.08. The Morgan fingerprint density at radius 2 is 1.94 bits per heavy atom. The molecule has 0 aliphatic rings. The van der Waals surface area contributed by atoms with Crippen LogP contribution in [0.3, 0.4) is 0 Å². The third-order valence-electron chi connectivity index (χ3n) is 2.12. The quantitative estimate of drug-likeness (QED) is 0.928. The lowest BCUT2D eigenvalue weighted by Gasteiger charge is -1.97. The molecule has 0 aliphatic carbocycles. The van der Waals surface area contributed by atoms with E-state index in [-0.39, 0.29) is 0 Å². The molecule has 0 unspecified atom stereocenters. The van der Waals surface area contributed by atoms with Crippen LogP contribution >= 0.6 is 23.2 Å². The minimum absolute atomic E-state index is 0.488. The van der Waals surface area contributed by atoms with Crippen molar-refractivity contribution in [3.8, 4) is 11.4 Å². The van der Waals surface area contributed by atoms with Gasteiger partial charge < -0.3 is 9.84 Å². The van der Waals surface area contributed by atoms with Crippen LogP contribution in [0, 0.1) is 0 Å². The Kier molecular flexibility index (Phi) is 3.99. The first-order chi connectivity index (χ1) is 8.19. The van der Waals surface area contributed by atoms with Crippen molar-refractivity contribution in [2.45, 2.75) is 13.5 Å². The molecule has 0 saturated heterocycles. The Morgan fingerprint density at radius 1 is 1.24 bits per heavy atom. The van der Waals surface area contributed by atoms with E-state index in [1.54, 1.807) is 18.2 Å². The lowest BCUT2D eigenvalue weighted by Crippen LogP contribution is -2.11. The maximum Gasteiger partial charge on any atom is 0.240 e. The Hall–Kier alpha value is -1.10. The summed E-state index contributed by atoms with van der Waals surface area (Å²) in [6, 6.07) is 5.15. The van der Waals surface area contributed by atoms with Crippen LogP contribution in [0.5, 0.6) is 0 Å². The highest BCUT2D eigenvalue weighted by Crippen LogP contribution is 2.25. The second-order valence-corrected chi connectivity index (χ2v) is 4.32. The second kappa shape index (κ2) is 5.49. The van der Waals surface area contributed by atoms with E-state index < -0.39 is 0 Å². The molecular weight excluding hydrogens is 261 g/mol. The molecular formula is C11H11Cl2N3O. The summed E-state index contributed by atoms with van der Waals surface area (Å²) in [6.07, 6.45) is 0. The van der Waals surface area contributed by atoms with E-state index in [9.17, 15) is 0 Å². The second-order valence-electron chi connectivity index (χ2n) is 3.45. The Bertz CT molecular complexity index is 493. The number of benzene rings is 1. The lowest BCUT2D eigenvalue weighted by atomic mass is 10.2. The van der Waals surface area contributed by atoms with Gasteiger partial charge in [-0.1, -0.05) is 35.3 Å². The zero-order chi connectivity index (χ0) is 12.3. The monoisotopic (exact) mass is 271 g/mol. The van der Waals surface area contributed by atoms with E-state index in [1.807, 2.05) is 6.92 Å².